The second-order valence-electron chi connectivity index (χ2n) is 6.15. The van der Waals surface area contributed by atoms with E-state index in [0.717, 1.165) is 21.4 Å². The van der Waals surface area contributed by atoms with Crippen LogP contribution in [0.4, 0.5) is 11.4 Å². The maximum atomic E-state index is 13.2. The van der Waals surface area contributed by atoms with Crippen LogP contribution in [0.15, 0.2) is 77.3 Å². The van der Waals surface area contributed by atoms with E-state index in [2.05, 4.69) is 52.4 Å². The summed E-state index contributed by atoms with van der Waals surface area (Å²) in [5.41, 5.74) is 4.67. The highest BCUT2D eigenvalue weighted by atomic mass is 79.9. The molecule has 1 aliphatic heterocycles. The minimum absolute atomic E-state index is 0.00208. The van der Waals surface area contributed by atoms with Gasteiger partial charge in [-0.15, -0.1) is 0 Å². The number of nitrogens with one attached hydrogen (secondary N) is 1. The highest BCUT2D eigenvalue weighted by Crippen LogP contribution is 2.36. The van der Waals surface area contributed by atoms with Gasteiger partial charge in [0.05, 0.1) is 5.56 Å². The maximum absolute atomic E-state index is 13.2. The van der Waals surface area contributed by atoms with Crippen LogP contribution in [0, 0.1) is 6.92 Å². The van der Waals surface area contributed by atoms with E-state index in [4.69, 9.17) is 0 Å². The van der Waals surface area contributed by atoms with Gasteiger partial charge in [-0.05, 0) is 48.9 Å². The summed E-state index contributed by atoms with van der Waals surface area (Å²) in [5, 5.41) is 3.52. The first-order chi connectivity index (χ1) is 12.1. The number of benzene rings is 3. The number of aryl methyl sites for hydroxylation is 1. The standard InChI is InChI=1S/C21H17BrN2O/c1-14-6-8-15(9-7-14)20-23-19-5-3-2-4-18(19)21(25)24(20)17-12-10-16(22)11-13-17/h2-13,20,23H,1H3/t20-/m0/s1. The van der Waals surface area contributed by atoms with Crippen molar-refractivity contribution in [1.29, 1.82) is 0 Å². The molecule has 3 aromatic rings. The Morgan fingerprint density at radius 2 is 1.60 bits per heavy atom. The first-order valence-corrected chi connectivity index (χ1v) is 8.94. The lowest BCUT2D eigenvalue weighted by atomic mass is 10.0. The largest absolute Gasteiger partial charge is 0.360 e. The van der Waals surface area contributed by atoms with Crippen LogP contribution in [0.1, 0.15) is 27.7 Å². The summed E-state index contributed by atoms with van der Waals surface area (Å²) in [6.07, 6.45) is -0.246. The lowest BCUT2D eigenvalue weighted by Crippen LogP contribution is -2.43. The van der Waals surface area contributed by atoms with Crippen molar-refractivity contribution in [2.24, 2.45) is 0 Å². The molecule has 1 amide bonds. The second-order valence-corrected chi connectivity index (χ2v) is 7.07. The van der Waals surface area contributed by atoms with Crippen molar-refractivity contribution >= 4 is 33.2 Å². The van der Waals surface area contributed by atoms with Crippen molar-refractivity contribution in [3.8, 4) is 0 Å². The summed E-state index contributed by atoms with van der Waals surface area (Å²) in [7, 11) is 0. The molecule has 1 heterocycles. The zero-order chi connectivity index (χ0) is 17.4. The summed E-state index contributed by atoms with van der Waals surface area (Å²) in [4.78, 5) is 15.0. The number of nitrogens with zero attached hydrogens (tertiary/aromatic N) is 1. The Balaban J connectivity index is 1.85. The molecule has 0 spiro atoms. The zero-order valence-corrected chi connectivity index (χ0v) is 15.3. The van der Waals surface area contributed by atoms with Gasteiger partial charge in [-0.1, -0.05) is 57.9 Å². The molecule has 4 rings (SSSR count). The molecule has 0 unspecified atom stereocenters. The van der Waals surface area contributed by atoms with E-state index in [1.165, 1.54) is 5.56 Å². The molecular weight excluding hydrogens is 376 g/mol. The Kier molecular flexibility index (Phi) is 4.06. The second kappa shape index (κ2) is 6.37. The van der Waals surface area contributed by atoms with Crippen LogP contribution in [0.5, 0.6) is 0 Å². The number of carbonyl (C=O) groups is 1. The van der Waals surface area contributed by atoms with Crippen molar-refractivity contribution in [3.63, 3.8) is 0 Å². The van der Waals surface area contributed by atoms with Gasteiger partial charge in [-0.2, -0.15) is 0 Å². The van der Waals surface area contributed by atoms with Crippen molar-refractivity contribution < 1.29 is 4.79 Å². The quantitative estimate of drug-likeness (QED) is 0.621. The van der Waals surface area contributed by atoms with Crippen LogP contribution in [0.25, 0.3) is 0 Å². The van der Waals surface area contributed by atoms with E-state index in [-0.39, 0.29) is 12.1 Å². The molecule has 1 N–H and O–H groups in total. The monoisotopic (exact) mass is 392 g/mol. The number of carbonyl (C=O) groups excluding carboxylic acids is 1. The fourth-order valence-electron chi connectivity index (χ4n) is 3.10. The van der Waals surface area contributed by atoms with Crippen molar-refractivity contribution in [1.82, 2.24) is 0 Å². The maximum Gasteiger partial charge on any atom is 0.262 e. The Hall–Kier alpha value is -2.59. The SMILES string of the molecule is Cc1ccc([C@H]2Nc3ccccc3C(=O)N2c2ccc(Br)cc2)cc1. The van der Waals surface area contributed by atoms with Gasteiger partial charge in [0.2, 0.25) is 0 Å². The van der Waals surface area contributed by atoms with Crippen LogP contribution >= 0.6 is 15.9 Å². The van der Waals surface area contributed by atoms with E-state index in [1.54, 1.807) is 0 Å². The number of fused-ring (bicyclic) bond motifs is 1. The van der Waals surface area contributed by atoms with E-state index in [0.29, 0.717) is 5.56 Å². The van der Waals surface area contributed by atoms with E-state index in [9.17, 15) is 4.79 Å². The molecule has 1 aliphatic rings. The first-order valence-electron chi connectivity index (χ1n) is 8.15. The Morgan fingerprint density at radius 3 is 2.32 bits per heavy atom. The molecule has 0 radical (unpaired) electrons. The molecule has 3 nitrogen and oxygen atoms in total. The predicted octanol–water partition coefficient (Wildman–Crippen LogP) is 5.53. The van der Waals surface area contributed by atoms with Gasteiger partial charge in [0, 0.05) is 15.8 Å². The van der Waals surface area contributed by atoms with Crippen LogP contribution < -0.4 is 10.2 Å². The van der Waals surface area contributed by atoms with E-state index in [1.807, 2.05) is 53.4 Å². The minimum atomic E-state index is -0.246. The summed E-state index contributed by atoms with van der Waals surface area (Å²) < 4.78 is 0.987. The molecular formula is C21H17BrN2O. The normalized spacial score (nSPS) is 16.3. The smallest absolute Gasteiger partial charge is 0.262 e. The van der Waals surface area contributed by atoms with Gasteiger partial charge < -0.3 is 5.32 Å². The Morgan fingerprint density at radius 1 is 0.920 bits per heavy atom. The fraction of sp³-hybridized carbons (Fsp3) is 0.0952. The third-order valence-corrected chi connectivity index (χ3v) is 4.95. The molecule has 124 valence electrons. The summed E-state index contributed by atoms with van der Waals surface area (Å²) in [6, 6.07) is 23.8. The fourth-order valence-corrected chi connectivity index (χ4v) is 3.37. The summed E-state index contributed by atoms with van der Waals surface area (Å²) in [5.74, 6) is 0.00208. The molecule has 0 aliphatic carbocycles. The highest BCUT2D eigenvalue weighted by Gasteiger charge is 2.33. The molecule has 0 aromatic heterocycles. The molecule has 0 saturated carbocycles. The summed E-state index contributed by atoms with van der Waals surface area (Å²) >= 11 is 3.46. The average Bonchev–Trinajstić information content (AvgIpc) is 2.63. The topological polar surface area (TPSA) is 32.3 Å². The van der Waals surface area contributed by atoms with Crippen LogP contribution in [0.2, 0.25) is 0 Å². The molecule has 0 saturated heterocycles. The predicted molar refractivity (Wildman–Crippen MR) is 105 cm³/mol. The molecule has 0 fully saturated rings. The number of hydrogen-bond acceptors (Lipinski definition) is 2. The number of para-hydroxylation sites is 1. The zero-order valence-electron chi connectivity index (χ0n) is 13.7. The number of anilines is 2. The number of hydrogen-bond donors (Lipinski definition) is 1. The van der Waals surface area contributed by atoms with Gasteiger partial charge in [0.15, 0.2) is 0 Å². The Bertz CT molecular complexity index is 919. The van der Waals surface area contributed by atoms with Crippen LogP contribution in [-0.4, -0.2) is 5.91 Å². The molecule has 3 aromatic carbocycles. The first kappa shape index (κ1) is 15.9. The summed E-state index contributed by atoms with van der Waals surface area (Å²) in [6.45, 7) is 2.06. The molecule has 0 bridgehead atoms. The number of amides is 1. The van der Waals surface area contributed by atoms with Crippen molar-refractivity contribution in [3.05, 3.63) is 94.0 Å². The van der Waals surface area contributed by atoms with Crippen LogP contribution in [0.3, 0.4) is 0 Å². The lowest BCUT2D eigenvalue weighted by molar-refractivity contribution is 0.0975. The van der Waals surface area contributed by atoms with Gasteiger partial charge in [0.25, 0.3) is 5.91 Å². The minimum Gasteiger partial charge on any atom is -0.360 e. The van der Waals surface area contributed by atoms with Gasteiger partial charge in [-0.3, -0.25) is 9.69 Å². The van der Waals surface area contributed by atoms with E-state index >= 15 is 0 Å². The lowest BCUT2D eigenvalue weighted by Gasteiger charge is -2.38. The molecule has 25 heavy (non-hydrogen) atoms. The highest BCUT2D eigenvalue weighted by molar-refractivity contribution is 9.10. The van der Waals surface area contributed by atoms with Gasteiger partial charge in [0.1, 0.15) is 6.17 Å². The third-order valence-electron chi connectivity index (χ3n) is 4.42. The average molecular weight is 393 g/mol. The van der Waals surface area contributed by atoms with E-state index < -0.39 is 0 Å². The van der Waals surface area contributed by atoms with Crippen molar-refractivity contribution in [2.45, 2.75) is 13.1 Å². The third kappa shape index (κ3) is 2.94. The van der Waals surface area contributed by atoms with Gasteiger partial charge >= 0.3 is 0 Å². The van der Waals surface area contributed by atoms with Crippen LogP contribution in [-0.2, 0) is 0 Å². The number of rotatable bonds is 2. The Labute approximate surface area is 155 Å². The van der Waals surface area contributed by atoms with Gasteiger partial charge in [-0.25, -0.2) is 0 Å². The molecule has 4 heteroatoms. The van der Waals surface area contributed by atoms with Crippen molar-refractivity contribution in [2.75, 3.05) is 10.2 Å². The molecule has 1 atom stereocenters. The number of halogens is 1.